The minimum atomic E-state index is -1.21. The predicted molar refractivity (Wildman–Crippen MR) is 147 cm³/mol. The van der Waals surface area contributed by atoms with Gasteiger partial charge in [-0.1, -0.05) is 6.07 Å². The number of carbonyl (C=O) groups excluding carboxylic acids is 3. The Labute approximate surface area is 233 Å². The van der Waals surface area contributed by atoms with Crippen LogP contribution < -0.4 is 16.4 Å². The van der Waals surface area contributed by atoms with Crippen LogP contribution in [0.25, 0.3) is 17.0 Å². The van der Waals surface area contributed by atoms with Crippen LogP contribution in [0.3, 0.4) is 0 Å². The van der Waals surface area contributed by atoms with Crippen molar-refractivity contribution in [3.8, 4) is 0 Å². The zero-order valence-electron chi connectivity index (χ0n) is 20.4. The smallest absolute Gasteiger partial charge is 0.245 e. The molecule has 5 N–H and O–H groups in total. The number of hydrogen-bond acceptors (Lipinski definition) is 3. The third kappa shape index (κ3) is 6.79. The van der Waals surface area contributed by atoms with Crippen LogP contribution in [0.15, 0.2) is 53.1 Å². The normalized spacial score (nSPS) is 19.2. The van der Waals surface area contributed by atoms with E-state index >= 15 is 0 Å². The summed E-state index contributed by atoms with van der Waals surface area (Å²) in [6.07, 6.45) is 6.32. The summed E-state index contributed by atoms with van der Waals surface area (Å²) < 4.78 is 27.4. The van der Waals surface area contributed by atoms with Crippen LogP contribution in [0.5, 0.6) is 0 Å². The van der Waals surface area contributed by atoms with Crippen molar-refractivity contribution in [3.05, 3.63) is 75.9 Å². The second kappa shape index (κ2) is 12.5. The second-order valence-corrected chi connectivity index (χ2v) is 10.1. The summed E-state index contributed by atoms with van der Waals surface area (Å²) in [6, 6.07) is 8.83. The summed E-state index contributed by atoms with van der Waals surface area (Å²) in [4.78, 5) is 40.9. The fraction of sp³-hybridized carbons (Fsp3) is 0.296. The monoisotopic (exact) mass is 608 g/mol. The Bertz CT molecular complexity index is 1370. The maximum atomic E-state index is 13.7. The lowest BCUT2D eigenvalue weighted by Gasteiger charge is -2.38. The number of aromatic nitrogens is 1. The number of fused-ring (bicyclic) bond motifs is 1. The van der Waals surface area contributed by atoms with Gasteiger partial charge in [0, 0.05) is 35.6 Å². The van der Waals surface area contributed by atoms with Gasteiger partial charge >= 0.3 is 0 Å². The minimum Gasteiger partial charge on any atom is -0.369 e. The van der Waals surface area contributed by atoms with Crippen LogP contribution in [0, 0.1) is 17.6 Å². The van der Waals surface area contributed by atoms with Crippen LogP contribution in [0.2, 0.25) is 0 Å². The average molecular weight is 610 g/mol. The van der Waals surface area contributed by atoms with Crippen LogP contribution in [0.1, 0.15) is 36.8 Å². The van der Waals surface area contributed by atoms with E-state index in [2.05, 4.69) is 31.5 Å². The van der Waals surface area contributed by atoms with E-state index in [-0.39, 0.29) is 53.9 Å². The van der Waals surface area contributed by atoms with Crippen molar-refractivity contribution < 1.29 is 23.2 Å². The number of carbonyl (C=O) groups is 3. The predicted octanol–water partition coefficient (Wildman–Crippen LogP) is 4.53. The van der Waals surface area contributed by atoms with E-state index in [1.54, 1.807) is 12.3 Å². The largest absolute Gasteiger partial charge is 0.369 e. The number of nitrogens with two attached hydrogens (primary N) is 1. The van der Waals surface area contributed by atoms with Gasteiger partial charge in [-0.05, 0) is 95.6 Å². The van der Waals surface area contributed by atoms with E-state index in [0.29, 0.717) is 24.8 Å². The van der Waals surface area contributed by atoms with Crippen molar-refractivity contribution in [2.75, 3.05) is 6.54 Å². The molecular formula is C27H28BrClF2N4O3. The van der Waals surface area contributed by atoms with Gasteiger partial charge in [0.2, 0.25) is 17.7 Å². The van der Waals surface area contributed by atoms with Gasteiger partial charge in [0.25, 0.3) is 0 Å². The Balaban J connectivity index is 0.00000400. The number of amides is 3. The number of rotatable bonds is 8. The molecule has 1 fully saturated rings. The molecule has 0 radical (unpaired) electrons. The maximum absolute atomic E-state index is 13.7. The number of aromatic amines is 1. The lowest BCUT2D eigenvalue weighted by atomic mass is 9.75. The molecule has 0 bridgehead atoms. The molecule has 1 aliphatic carbocycles. The topological polar surface area (TPSA) is 117 Å². The Morgan fingerprint density at radius 3 is 2.55 bits per heavy atom. The highest BCUT2D eigenvalue weighted by Crippen LogP contribution is 2.32. The van der Waals surface area contributed by atoms with Gasteiger partial charge in [-0.25, -0.2) is 8.78 Å². The molecule has 3 aromatic rings. The van der Waals surface area contributed by atoms with Crippen molar-refractivity contribution in [2.24, 2.45) is 11.7 Å². The van der Waals surface area contributed by atoms with E-state index in [0.717, 1.165) is 16.5 Å². The molecule has 1 saturated carbocycles. The first-order valence-corrected chi connectivity index (χ1v) is 12.7. The van der Waals surface area contributed by atoms with Crippen molar-refractivity contribution in [2.45, 2.75) is 37.6 Å². The SMILES string of the molecule is Cl.NC(=O)C1CCC(NC(=O)C=Cc2ccc(F)c(Br)c2)(C(=O)NCCc2c[nH]c3ccc(F)cc23)CC1. The molecule has 1 heterocycles. The first-order valence-electron chi connectivity index (χ1n) is 12.0. The number of primary amides is 1. The summed E-state index contributed by atoms with van der Waals surface area (Å²) in [5, 5.41) is 6.48. The highest BCUT2D eigenvalue weighted by atomic mass is 79.9. The van der Waals surface area contributed by atoms with Gasteiger partial charge in [-0.3, -0.25) is 14.4 Å². The van der Waals surface area contributed by atoms with Gasteiger partial charge in [0.05, 0.1) is 4.47 Å². The summed E-state index contributed by atoms with van der Waals surface area (Å²) in [6.45, 7) is 0.276. The van der Waals surface area contributed by atoms with Gasteiger partial charge in [0.15, 0.2) is 0 Å². The summed E-state index contributed by atoms with van der Waals surface area (Å²) >= 11 is 3.11. The van der Waals surface area contributed by atoms with Crippen molar-refractivity contribution >= 4 is 63.0 Å². The zero-order valence-corrected chi connectivity index (χ0v) is 22.8. The summed E-state index contributed by atoms with van der Waals surface area (Å²) in [7, 11) is 0. The molecule has 1 aromatic heterocycles. The van der Waals surface area contributed by atoms with E-state index in [9.17, 15) is 23.2 Å². The highest BCUT2D eigenvalue weighted by molar-refractivity contribution is 9.10. The van der Waals surface area contributed by atoms with Gasteiger partial charge in [-0.15, -0.1) is 12.4 Å². The quantitative estimate of drug-likeness (QED) is 0.281. The van der Waals surface area contributed by atoms with Crippen LogP contribution in [-0.2, 0) is 20.8 Å². The van der Waals surface area contributed by atoms with Crippen molar-refractivity contribution in [1.29, 1.82) is 0 Å². The Hall–Kier alpha value is -3.24. The highest BCUT2D eigenvalue weighted by Gasteiger charge is 2.43. The van der Waals surface area contributed by atoms with Gasteiger partial charge < -0.3 is 21.4 Å². The van der Waals surface area contributed by atoms with Crippen molar-refractivity contribution in [3.63, 3.8) is 0 Å². The number of H-pyrrole nitrogens is 1. The molecular weight excluding hydrogens is 582 g/mol. The standard InChI is InChI=1S/C27H27BrF2N4O3.ClH/c28-21-13-16(1-4-22(21)30)2-6-24(35)34-27(10-7-17(8-11-27)25(31)36)26(37)32-12-9-18-15-33-23-5-3-19(29)14-20(18)23;/h1-6,13-15,17,33H,7-12H2,(H2,31,36)(H,32,37)(H,34,35);1H. The molecule has 2 aromatic carbocycles. The number of benzene rings is 2. The first-order chi connectivity index (χ1) is 17.7. The molecule has 0 saturated heterocycles. The fourth-order valence-electron chi connectivity index (χ4n) is 4.71. The molecule has 11 heteroatoms. The number of halogens is 4. The third-order valence-electron chi connectivity index (χ3n) is 6.82. The van der Waals surface area contributed by atoms with E-state index in [1.165, 1.54) is 42.5 Å². The molecule has 4 rings (SSSR count). The van der Waals surface area contributed by atoms with Gasteiger partial charge in [0.1, 0.15) is 17.2 Å². The molecule has 7 nitrogen and oxygen atoms in total. The Kier molecular flexibility index (Phi) is 9.67. The number of hydrogen-bond donors (Lipinski definition) is 4. The minimum absolute atomic E-state index is 0. The maximum Gasteiger partial charge on any atom is 0.245 e. The Morgan fingerprint density at radius 1 is 1.13 bits per heavy atom. The molecule has 38 heavy (non-hydrogen) atoms. The van der Waals surface area contributed by atoms with Gasteiger partial charge in [-0.2, -0.15) is 0 Å². The molecule has 0 atom stereocenters. The van der Waals surface area contributed by atoms with E-state index in [1.807, 2.05) is 0 Å². The van der Waals surface area contributed by atoms with Crippen molar-refractivity contribution in [1.82, 2.24) is 15.6 Å². The van der Waals surface area contributed by atoms with E-state index in [4.69, 9.17) is 5.73 Å². The second-order valence-electron chi connectivity index (χ2n) is 9.26. The molecule has 0 aliphatic heterocycles. The van der Waals surface area contributed by atoms with Crippen LogP contribution in [0.4, 0.5) is 8.78 Å². The molecule has 202 valence electrons. The summed E-state index contributed by atoms with van der Waals surface area (Å²) in [5.74, 6) is -2.37. The molecule has 0 spiro atoms. The van der Waals surface area contributed by atoms with E-state index < -0.39 is 23.2 Å². The lowest BCUT2D eigenvalue weighted by Crippen LogP contribution is -2.60. The molecule has 0 unspecified atom stereocenters. The summed E-state index contributed by atoms with van der Waals surface area (Å²) in [5.41, 5.74) is 6.52. The fourth-order valence-corrected chi connectivity index (χ4v) is 5.10. The lowest BCUT2D eigenvalue weighted by molar-refractivity contribution is -0.135. The first kappa shape index (κ1) is 29.3. The van der Waals surface area contributed by atoms with Crippen LogP contribution in [-0.4, -0.2) is 34.8 Å². The average Bonchev–Trinajstić information content (AvgIpc) is 3.27. The zero-order chi connectivity index (χ0) is 26.6. The van der Waals surface area contributed by atoms with Crippen LogP contribution >= 0.6 is 28.3 Å². The Morgan fingerprint density at radius 2 is 1.87 bits per heavy atom. The number of nitrogens with one attached hydrogen (secondary N) is 3. The third-order valence-corrected chi connectivity index (χ3v) is 7.43. The molecule has 1 aliphatic rings. The molecule has 3 amide bonds.